The molecule has 11 heteroatoms. The Hall–Kier alpha value is -2.78. The van der Waals surface area contributed by atoms with E-state index >= 15 is 0 Å². The lowest BCUT2D eigenvalue weighted by Gasteiger charge is -2.24. The second-order valence-corrected chi connectivity index (χ2v) is 10.5. The molecule has 0 aliphatic rings. The van der Waals surface area contributed by atoms with Gasteiger partial charge in [0.25, 0.3) is 5.91 Å². The molecule has 0 fully saturated rings. The van der Waals surface area contributed by atoms with Crippen LogP contribution in [-0.4, -0.2) is 33.2 Å². The average molecular weight is 556 g/mol. The molecule has 0 aliphatic heterocycles. The molecule has 0 heterocycles. The number of carbonyl (C=O) groups is 2. The third-order valence-electron chi connectivity index (χ3n) is 4.86. The number of hydrogen-bond acceptors (Lipinski definition) is 5. The van der Waals surface area contributed by atoms with Gasteiger partial charge in [-0.3, -0.25) is 9.10 Å². The van der Waals surface area contributed by atoms with Gasteiger partial charge in [0.15, 0.2) is 0 Å². The van der Waals surface area contributed by atoms with Crippen molar-refractivity contribution in [2.45, 2.75) is 13.5 Å². The zero-order valence-electron chi connectivity index (χ0n) is 18.7. The third kappa shape index (κ3) is 6.67. The first-order chi connectivity index (χ1) is 16.5. The fraction of sp³-hybridized carbons (Fsp3) is 0.167. The van der Waals surface area contributed by atoms with Crippen LogP contribution in [0.5, 0.6) is 0 Å². The highest BCUT2D eigenvalue weighted by molar-refractivity contribution is 7.92. The van der Waals surface area contributed by atoms with Gasteiger partial charge in [0.05, 0.1) is 45.7 Å². The molecular weight excluding hydrogens is 535 g/mol. The van der Waals surface area contributed by atoms with Crippen LogP contribution < -0.4 is 9.62 Å². The zero-order valence-corrected chi connectivity index (χ0v) is 21.8. The van der Waals surface area contributed by atoms with Crippen molar-refractivity contribution >= 4 is 68.1 Å². The second-order valence-electron chi connectivity index (χ2n) is 7.41. The van der Waals surface area contributed by atoms with Crippen LogP contribution in [0.15, 0.2) is 60.7 Å². The van der Waals surface area contributed by atoms with E-state index in [1.807, 2.05) is 0 Å². The summed E-state index contributed by atoms with van der Waals surface area (Å²) < 4.78 is 31.0. The van der Waals surface area contributed by atoms with Crippen LogP contribution in [0, 0.1) is 0 Å². The third-order valence-corrected chi connectivity index (χ3v) is 7.13. The van der Waals surface area contributed by atoms with E-state index in [0.717, 1.165) is 10.6 Å². The maximum atomic E-state index is 12.7. The SMILES string of the molecule is CCOC(=O)c1cc(NC(=O)c2ccc(CN(c3cccc(Cl)c3Cl)S(C)(=O)=O)cc2)ccc1Cl. The minimum Gasteiger partial charge on any atom is -0.462 e. The molecule has 3 rings (SSSR count). The lowest BCUT2D eigenvalue weighted by atomic mass is 10.1. The molecule has 0 spiro atoms. The van der Waals surface area contributed by atoms with Gasteiger partial charge in [-0.15, -0.1) is 0 Å². The summed E-state index contributed by atoms with van der Waals surface area (Å²) in [6.07, 6.45) is 1.07. The fourth-order valence-electron chi connectivity index (χ4n) is 3.17. The van der Waals surface area contributed by atoms with Crippen molar-refractivity contribution < 1.29 is 22.7 Å². The first-order valence-electron chi connectivity index (χ1n) is 10.3. The van der Waals surface area contributed by atoms with Gasteiger partial charge in [0, 0.05) is 11.3 Å². The molecule has 0 saturated carbocycles. The number of anilines is 2. The van der Waals surface area contributed by atoms with E-state index in [0.29, 0.717) is 16.8 Å². The Labute approximate surface area is 218 Å². The van der Waals surface area contributed by atoms with Crippen molar-refractivity contribution in [3.05, 3.63) is 92.4 Å². The summed E-state index contributed by atoms with van der Waals surface area (Å²) in [5.74, 6) is -1.01. The van der Waals surface area contributed by atoms with Gasteiger partial charge in [0.1, 0.15) is 0 Å². The molecule has 3 aromatic carbocycles. The molecular formula is C24H21Cl3N2O5S. The highest BCUT2D eigenvalue weighted by Gasteiger charge is 2.22. The van der Waals surface area contributed by atoms with Crippen molar-refractivity contribution in [1.29, 1.82) is 0 Å². The normalized spacial score (nSPS) is 11.1. The maximum Gasteiger partial charge on any atom is 0.339 e. The predicted octanol–water partition coefficient (Wildman–Crippen LogP) is 6.04. The summed E-state index contributed by atoms with van der Waals surface area (Å²) in [5, 5.41) is 3.27. The first kappa shape index (κ1) is 26.8. The highest BCUT2D eigenvalue weighted by Crippen LogP contribution is 2.34. The summed E-state index contributed by atoms with van der Waals surface area (Å²) in [6.45, 7) is 1.86. The van der Waals surface area contributed by atoms with E-state index in [2.05, 4.69) is 5.32 Å². The molecule has 35 heavy (non-hydrogen) atoms. The summed E-state index contributed by atoms with van der Waals surface area (Å²) in [6, 6.07) is 15.6. The Morgan fingerprint density at radius 3 is 2.29 bits per heavy atom. The largest absolute Gasteiger partial charge is 0.462 e. The number of nitrogens with one attached hydrogen (secondary N) is 1. The van der Waals surface area contributed by atoms with Gasteiger partial charge in [-0.25, -0.2) is 13.2 Å². The van der Waals surface area contributed by atoms with Crippen LogP contribution in [0.4, 0.5) is 11.4 Å². The highest BCUT2D eigenvalue weighted by atomic mass is 35.5. The number of hydrogen-bond donors (Lipinski definition) is 1. The molecule has 1 N–H and O–H groups in total. The smallest absolute Gasteiger partial charge is 0.339 e. The molecule has 184 valence electrons. The van der Waals surface area contributed by atoms with E-state index in [1.165, 1.54) is 12.1 Å². The van der Waals surface area contributed by atoms with Crippen LogP contribution in [0.25, 0.3) is 0 Å². The van der Waals surface area contributed by atoms with E-state index in [9.17, 15) is 18.0 Å². The molecule has 0 saturated heterocycles. The standard InChI is InChI=1S/C24H21Cl3N2O5S/c1-3-34-24(31)18-13-17(11-12-19(18)25)28-23(30)16-9-7-15(8-10-16)14-29(35(2,32)33)21-6-4-5-20(26)22(21)27/h4-13H,3,14H2,1-2H3,(H,28,30). The number of ether oxygens (including phenoxy) is 1. The van der Waals surface area contributed by atoms with Crippen LogP contribution in [0.1, 0.15) is 33.2 Å². The Bertz CT molecular complexity index is 1360. The number of nitrogens with zero attached hydrogens (tertiary/aromatic N) is 1. The Kier molecular flexibility index (Phi) is 8.66. The molecule has 0 bridgehead atoms. The van der Waals surface area contributed by atoms with Crippen LogP contribution in [0.3, 0.4) is 0 Å². The first-order valence-corrected chi connectivity index (χ1v) is 13.3. The van der Waals surface area contributed by atoms with Gasteiger partial charge in [0.2, 0.25) is 10.0 Å². The number of sulfonamides is 1. The fourth-order valence-corrected chi connectivity index (χ4v) is 4.70. The molecule has 3 aromatic rings. The van der Waals surface area contributed by atoms with Crippen LogP contribution >= 0.6 is 34.8 Å². The van der Waals surface area contributed by atoms with Gasteiger partial charge in [-0.2, -0.15) is 0 Å². The number of benzene rings is 3. The monoisotopic (exact) mass is 554 g/mol. The Morgan fingerprint density at radius 2 is 1.66 bits per heavy atom. The van der Waals surface area contributed by atoms with Gasteiger partial charge < -0.3 is 10.1 Å². The number of esters is 1. The lowest BCUT2D eigenvalue weighted by molar-refractivity contribution is 0.0526. The number of carbonyl (C=O) groups excluding carboxylic acids is 2. The van der Waals surface area contributed by atoms with Crippen molar-refractivity contribution in [2.24, 2.45) is 0 Å². The molecule has 1 amide bonds. The number of amides is 1. The number of rotatable bonds is 8. The zero-order chi connectivity index (χ0) is 25.8. The lowest BCUT2D eigenvalue weighted by Crippen LogP contribution is -2.29. The molecule has 0 aliphatic carbocycles. The van der Waals surface area contributed by atoms with Gasteiger partial charge in [-0.05, 0) is 55.0 Å². The average Bonchev–Trinajstić information content (AvgIpc) is 2.80. The predicted molar refractivity (Wildman–Crippen MR) is 139 cm³/mol. The summed E-state index contributed by atoms with van der Waals surface area (Å²) >= 11 is 18.3. The van der Waals surface area contributed by atoms with Crippen LogP contribution in [-0.2, 0) is 21.3 Å². The molecule has 0 radical (unpaired) electrons. The Morgan fingerprint density at radius 1 is 0.971 bits per heavy atom. The minimum atomic E-state index is -3.68. The summed E-state index contributed by atoms with van der Waals surface area (Å²) in [5.41, 5.74) is 1.71. The van der Waals surface area contributed by atoms with E-state index in [4.69, 9.17) is 39.5 Å². The van der Waals surface area contributed by atoms with E-state index in [1.54, 1.807) is 55.5 Å². The summed E-state index contributed by atoms with van der Waals surface area (Å²) in [7, 11) is -3.68. The second kappa shape index (κ2) is 11.3. The Balaban J connectivity index is 1.78. The molecule has 0 atom stereocenters. The maximum absolute atomic E-state index is 12.7. The van der Waals surface area contributed by atoms with Crippen LogP contribution in [0.2, 0.25) is 15.1 Å². The van der Waals surface area contributed by atoms with Crippen molar-refractivity contribution in [2.75, 3.05) is 22.5 Å². The molecule has 0 aromatic heterocycles. The molecule has 7 nitrogen and oxygen atoms in total. The van der Waals surface area contributed by atoms with Crippen molar-refractivity contribution in [3.8, 4) is 0 Å². The van der Waals surface area contributed by atoms with Gasteiger partial charge in [-0.1, -0.05) is 53.0 Å². The van der Waals surface area contributed by atoms with E-state index in [-0.39, 0.29) is 39.5 Å². The van der Waals surface area contributed by atoms with Crippen molar-refractivity contribution in [1.82, 2.24) is 0 Å². The number of halogens is 3. The van der Waals surface area contributed by atoms with E-state index < -0.39 is 21.9 Å². The summed E-state index contributed by atoms with van der Waals surface area (Å²) in [4.78, 5) is 24.7. The topological polar surface area (TPSA) is 92.8 Å². The van der Waals surface area contributed by atoms with Gasteiger partial charge >= 0.3 is 5.97 Å². The quantitative estimate of drug-likeness (QED) is 0.342. The minimum absolute atomic E-state index is 0.0130. The molecule has 0 unspecified atom stereocenters. The van der Waals surface area contributed by atoms with Crippen molar-refractivity contribution in [3.63, 3.8) is 0 Å².